The Hall–Kier alpha value is -0.120. The minimum atomic E-state index is 0.0764. The summed E-state index contributed by atoms with van der Waals surface area (Å²) in [4.78, 5) is 4.80. The zero-order chi connectivity index (χ0) is 17.0. The van der Waals surface area contributed by atoms with Gasteiger partial charge in [-0.05, 0) is 57.7 Å². The minimum absolute atomic E-state index is 0.0764. The first-order valence-electron chi connectivity index (χ1n) is 9.10. The van der Waals surface area contributed by atoms with Gasteiger partial charge in [-0.3, -0.25) is 0 Å². The van der Waals surface area contributed by atoms with Crippen molar-refractivity contribution in [2.24, 2.45) is 17.3 Å². The summed E-state index contributed by atoms with van der Waals surface area (Å²) in [6, 6.07) is 0. The summed E-state index contributed by atoms with van der Waals surface area (Å²) in [5.41, 5.74) is 0.653. The van der Waals surface area contributed by atoms with Gasteiger partial charge in [0.2, 0.25) is 0 Å². The molecule has 0 saturated carbocycles. The van der Waals surface area contributed by atoms with E-state index in [0.29, 0.717) is 11.3 Å². The summed E-state index contributed by atoms with van der Waals surface area (Å²) in [5, 5.41) is 0. The average molecular weight is 313 g/mol. The van der Waals surface area contributed by atoms with Gasteiger partial charge in [-0.2, -0.15) is 0 Å². The van der Waals surface area contributed by atoms with E-state index < -0.39 is 0 Å². The molecule has 132 valence electrons. The topological polar surface area (TPSA) is 15.7 Å². The van der Waals surface area contributed by atoms with Gasteiger partial charge in [-0.15, -0.1) is 0 Å². The molecule has 0 spiro atoms. The highest BCUT2D eigenvalue weighted by atomic mass is 16.5. The fourth-order valence-corrected chi connectivity index (χ4v) is 3.44. The van der Waals surface area contributed by atoms with Gasteiger partial charge in [-0.1, -0.05) is 34.6 Å². The molecule has 0 bridgehead atoms. The van der Waals surface area contributed by atoms with Crippen LogP contribution in [0.2, 0.25) is 0 Å². The van der Waals surface area contributed by atoms with E-state index in [1.54, 1.807) is 0 Å². The lowest BCUT2D eigenvalue weighted by Crippen LogP contribution is -2.51. The highest BCUT2D eigenvalue weighted by Gasteiger charge is 2.33. The number of morpholine rings is 1. The lowest BCUT2D eigenvalue weighted by molar-refractivity contribution is -0.117. The van der Waals surface area contributed by atoms with Gasteiger partial charge >= 0.3 is 0 Å². The Bertz CT molecular complexity index is 299. The number of hydrogen-bond donors (Lipinski definition) is 0. The van der Waals surface area contributed by atoms with Crippen molar-refractivity contribution in [2.75, 3.05) is 46.9 Å². The zero-order valence-corrected chi connectivity index (χ0v) is 16.4. The van der Waals surface area contributed by atoms with Crippen LogP contribution in [0.1, 0.15) is 54.4 Å². The standard InChI is InChI=1S/C10H21N.C9H19NO/c1-9(2)10(3)6-5-7-11(4)8-10;1-8(2)9(3)7-10(4)5-6-11-9/h9H,5-8H2,1-4H3;8H,5-7H2,1-4H3. The summed E-state index contributed by atoms with van der Waals surface area (Å²) in [6.07, 6.45) is 2.79. The molecule has 3 heteroatoms. The normalized spacial score (nSPS) is 34.6. The molecule has 2 unspecified atom stereocenters. The smallest absolute Gasteiger partial charge is 0.0804 e. The van der Waals surface area contributed by atoms with Crippen molar-refractivity contribution in [1.82, 2.24) is 9.80 Å². The molecule has 0 aromatic carbocycles. The molecule has 2 saturated heterocycles. The Labute approximate surface area is 139 Å². The van der Waals surface area contributed by atoms with Gasteiger partial charge in [0.25, 0.3) is 0 Å². The van der Waals surface area contributed by atoms with Crippen LogP contribution in [0.25, 0.3) is 0 Å². The Kier molecular flexibility index (Phi) is 7.35. The molecule has 3 nitrogen and oxygen atoms in total. The van der Waals surface area contributed by atoms with Crippen molar-refractivity contribution in [3.05, 3.63) is 0 Å². The second kappa shape index (κ2) is 8.12. The summed E-state index contributed by atoms with van der Waals surface area (Å²) < 4.78 is 5.76. The van der Waals surface area contributed by atoms with Crippen molar-refractivity contribution < 1.29 is 4.74 Å². The second-order valence-corrected chi connectivity index (χ2v) is 8.70. The molecular weight excluding hydrogens is 272 g/mol. The second-order valence-electron chi connectivity index (χ2n) is 8.70. The van der Waals surface area contributed by atoms with E-state index in [-0.39, 0.29) is 5.60 Å². The van der Waals surface area contributed by atoms with Crippen molar-refractivity contribution >= 4 is 0 Å². The first-order chi connectivity index (χ1) is 10.1. The lowest BCUT2D eigenvalue weighted by Gasteiger charge is -2.41. The molecule has 0 amide bonds. The predicted molar refractivity (Wildman–Crippen MR) is 96.4 cm³/mol. The Balaban J connectivity index is 0.000000220. The van der Waals surface area contributed by atoms with E-state index in [0.717, 1.165) is 25.6 Å². The summed E-state index contributed by atoms with van der Waals surface area (Å²) >= 11 is 0. The molecule has 0 aromatic rings. The first kappa shape index (κ1) is 19.9. The van der Waals surface area contributed by atoms with Crippen LogP contribution >= 0.6 is 0 Å². The predicted octanol–water partition coefficient (Wildman–Crippen LogP) is 3.74. The molecular formula is C19H40N2O. The molecule has 0 N–H and O–H groups in total. The van der Waals surface area contributed by atoms with Crippen LogP contribution in [0.3, 0.4) is 0 Å². The molecule has 2 rings (SSSR count). The van der Waals surface area contributed by atoms with Gasteiger partial charge in [-0.25, -0.2) is 0 Å². The average Bonchev–Trinajstić information content (AvgIpc) is 2.38. The minimum Gasteiger partial charge on any atom is -0.372 e. The number of likely N-dealkylation sites (tertiary alicyclic amines) is 1. The fraction of sp³-hybridized carbons (Fsp3) is 1.00. The van der Waals surface area contributed by atoms with E-state index >= 15 is 0 Å². The van der Waals surface area contributed by atoms with E-state index in [4.69, 9.17) is 4.74 Å². The van der Waals surface area contributed by atoms with Crippen molar-refractivity contribution in [3.8, 4) is 0 Å². The molecule has 22 heavy (non-hydrogen) atoms. The van der Waals surface area contributed by atoms with E-state index in [1.165, 1.54) is 25.9 Å². The highest BCUT2D eigenvalue weighted by Crippen LogP contribution is 2.35. The Morgan fingerprint density at radius 3 is 1.82 bits per heavy atom. The van der Waals surface area contributed by atoms with E-state index in [2.05, 4.69) is 65.4 Å². The molecule has 2 heterocycles. The van der Waals surface area contributed by atoms with Crippen LogP contribution in [0.4, 0.5) is 0 Å². The third kappa shape index (κ3) is 5.50. The maximum Gasteiger partial charge on any atom is 0.0804 e. The lowest BCUT2D eigenvalue weighted by atomic mass is 9.73. The number of nitrogens with zero attached hydrogens (tertiary/aromatic N) is 2. The van der Waals surface area contributed by atoms with Crippen LogP contribution in [0, 0.1) is 17.3 Å². The highest BCUT2D eigenvalue weighted by molar-refractivity contribution is 4.85. The van der Waals surface area contributed by atoms with Crippen molar-refractivity contribution in [3.63, 3.8) is 0 Å². The molecule has 2 aliphatic rings. The zero-order valence-electron chi connectivity index (χ0n) is 16.4. The van der Waals surface area contributed by atoms with Gasteiger partial charge in [0.15, 0.2) is 0 Å². The van der Waals surface area contributed by atoms with Crippen LogP contribution in [0.5, 0.6) is 0 Å². The number of hydrogen-bond acceptors (Lipinski definition) is 3. The first-order valence-corrected chi connectivity index (χ1v) is 9.10. The van der Waals surface area contributed by atoms with Crippen LogP contribution < -0.4 is 0 Å². The summed E-state index contributed by atoms with van der Waals surface area (Å²) in [6.45, 7) is 19.3. The fourth-order valence-electron chi connectivity index (χ4n) is 3.44. The Morgan fingerprint density at radius 2 is 1.45 bits per heavy atom. The van der Waals surface area contributed by atoms with E-state index in [9.17, 15) is 0 Å². The number of rotatable bonds is 2. The largest absolute Gasteiger partial charge is 0.372 e. The monoisotopic (exact) mass is 312 g/mol. The third-order valence-corrected chi connectivity index (χ3v) is 6.02. The van der Waals surface area contributed by atoms with Gasteiger partial charge in [0.05, 0.1) is 12.2 Å². The molecule has 0 aliphatic carbocycles. The molecule has 2 aliphatic heterocycles. The third-order valence-electron chi connectivity index (χ3n) is 6.02. The van der Waals surface area contributed by atoms with Crippen LogP contribution in [0.15, 0.2) is 0 Å². The molecule has 2 fully saturated rings. The quantitative estimate of drug-likeness (QED) is 0.772. The molecule has 2 atom stereocenters. The maximum absolute atomic E-state index is 5.76. The summed E-state index contributed by atoms with van der Waals surface area (Å²) in [7, 11) is 4.39. The molecule has 0 radical (unpaired) electrons. The number of likely N-dealkylation sites (N-methyl/N-ethyl adjacent to an activating group) is 1. The number of piperidine rings is 1. The summed E-state index contributed by atoms with van der Waals surface area (Å²) in [5.74, 6) is 1.43. The van der Waals surface area contributed by atoms with Crippen LogP contribution in [-0.2, 0) is 4.74 Å². The van der Waals surface area contributed by atoms with Crippen molar-refractivity contribution in [2.45, 2.75) is 60.0 Å². The van der Waals surface area contributed by atoms with Gasteiger partial charge < -0.3 is 14.5 Å². The van der Waals surface area contributed by atoms with Crippen LogP contribution in [-0.4, -0.2) is 62.3 Å². The van der Waals surface area contributed by atoms with E-state index in [1.807, 2.05) is 0 Å². The Morgan fingerprint density at radius 1 is 0.864 bits per heavy atom. The van der Waals surface area contributed by atoms with Crippen molar-refractivity contribution in [1.29, 1.82) is 0 Å². The van der Waals surface area contributed by atoms with Gasteiger partial charge in [0, 0.05) is 19.6 Å². The SMILES string of the molecule is CC(C)C1(C)CCCN(C)C1.CC(C)C1(C)CN(C)CCO1. The maximum atomic E-state index is 5.76. The number of ether oxygens (including phenoxy) is 1. The van der Waals surface area contributed by atoms with Gasteiger partial charge in [0.1, 0.15) is 0 Å². The molecule has 0 aromatic heterocycles.